The van der Waals surface area contributed by atoms with E-state index in [-0.39, 0.29) is 72.2 Å². The van der Waals surface area contributed by atoms with Crippen molar-refractivity contribution in [3.8, 4) is 0 Å². The number of carbonyl (C=O) groups excluding carboxylic acids is 4. The van der Waals surface area contributed by atoms with Gasteiger partial charge >= 0.3 is 5.97 Å². The minimum atomic E-state index is -0.887. The van der Waals surface area contributed by atoms with Crippen molar-refractivity contribution in [2.24, 2.45) is 23.7 Å². The second-order valence-corrected chi connectivity index (χ2v) is 17.0. The number of nitrogens with one attached hydrogen (secondary N) is 2. The van der Waals surface area contributed by atoms with Gasteiger partial charge in [0, 0.05) is 46.2 Å². The largest absolute Gasteiger partial charge is 0.481 e. The second-order valence-electron chi connectivity index (χ2n) is 17.0. The predicted octanol–water partition coefficient (Wildman–Crippen LogP) is 5.18. The monoisotopic (exact) mass is 802 g/mol. The Labute approximate surface area is 343 Å². The van der Waals surface area contributed by atoms with E-state index in [4.69, 9.17) is 14.6 Å². The Morgan fingerprint density at radius 2 is 1.53 bits per heavy atom. The summed E-state index contributed by atoms with van der Waals surface area (Å²) in [4.78, 5) is 72.5. The molecule has 0 aromatic heterocycles. The van der Waals surface area contributed by atoms with Crippen molar-refractivity contribution in [3.63, 3.8) is 0 Å². The highest BCUT2D eigenvalue weighted by molar-refractivity contribution is 5.90. The number of carboxylic acids is 1. The molecule has 0 bridgehead atoms. The van der Waals surface area contributed by atoms with E-state index >= 15 is 0 Å². The summed E-state index contributed by atoms with van der Waals surface area (Å²) in [5.41, 5.74) is 1.14. The summed E-state index contributed by atoms with van der Waals surface area (Å²) in [5.74, 6) is -2.50. The van der Waals surface area contributed by atoms with Crippen LogP contribution in [0.4, 0.5) is 0 Å². The van der Waals surface area contributed by atoms with E-state index in [1.165, 1.54) is 0 Å². The van der Waals surface area contributed by atoms with Gasteiger partial charge in [0.25, 0.3) is 0 Å². The average molecular weight is 802 g/mol. The van der Waals surface area contributed by atoms with E-state index in [1.54, 1.807) is 33.2 Å². The van der Waals surface area contributed by atoms with Gasteiger partial charge in [0.1, 0.15) is 6.04 Å². The molecule has 1 heterocycles. The smallest absolute Gasteiger partial charge is 0.303 e. The van der Waals surface area contributed by atoms with Crippen LogP contribution in [0.15, 0.2) is 30.3 Å². The lowest BCUT2D eigenvalue weighted by Crippen LogP contribution is -2.60. The van der Waals surface area contributed by atoms with Crippen molar-refractivity contribution in [1.82, 2.24) is 25.3 Å². The van der Waals surface area contributed by atoms with Crippen molar-refractivity contribution in [1.29, 1.82) is 0 Å². The molecule has 3 N–H and O–H groups in total. The molecule has 0 unspecified atom stereocenters. The summed E-state index contributed by atoms with van der Waals surface area (Å²) in [6, 6.07) is 7.77. The molecule has 1 saturated heterocycles. The standard InChI is InChI=1S/C44H75N5O8/c1-14-29(6)40(48(11)44(55)38(27(2)3)46-43(54)39(28(4)5)47(10)24-19-23-37(51)52)35(56-12)26-36(50)49-25-18-22-34(49)41(57-13)31(8)42(53)45-32(9)30(7)33-20-16-15-17-21-33/h15-17,20-21,27-32,34-35,38-41H,14,18-19,22-26H2,1-13H3,(H,45,53)(H,46,54)(H,51,52)/t29-,30+,31+,32+,34-,35+,38-,39-,40-,41+/m0/s1. The lowest BCUT2D eigenvalue weighted by atomic mass is 9.89. The van der Waals surface area contributed by atoms with Crippen LogP contribution in [-0.4, -0.2) is 133 Å². The fraction of sp³-hybridized carbons (Fsp3) is 0.750. The van der Waals surface area contributed by atoms with Crippen molar-refractivity contribution < 1.29 is 38.6 Å². The first-order valence-electron chi connectivity index (χ1n) is 21.0. The second kappa shape index (κ2) is 23.8. The molecule has 2 rings (SSSR count). The van der Waals surface area contributed by atoms with Gasteiger partial charge in [0.2, 0.25) is 23.6 Å². The maximum absolute atomic E-state index is 14.4. The maximum atomic E-state index is 14.4. The van der Waals surface area contributed by atoms with Crippen LogP contribution in [0.3, 0.4) is 0 Å². The molecule has 1 aliphatic heterocycles. The molecule has 13 heteroatoms. The number of amides is 4. The number of methoxy groups -OCH3 is 2. The fourth-order valence-corrected chi connectivity index (χ4v) is 8.43. The summed E-state index contributed by atoms with van der Waals surface area (Å²) >= 11 is 0. The predicted molar refractivity (Wildman–Crippen MR) is 223 cm³/mol. The van der Waals surface area contributed by atoms with Gasteiger partial charge in [-0.1, -0.05) is 92.1 Å². The number of hydrogen-bond donors (Lipinski definition) is 3. The Hall–Kier alpha value is -3.55. The van der Waals surface area contributed by atoms with Crippen molar-refractivity contribution >= 4 is 29.6 Å². The number of benzene rings is 1. The number of likely N-dealkylation sites (tertiary alicyclic amines) is 1. The van der Waals surface area contributed by atoms with E-state index in [2.05, 4.69) is 29.7 Å². The Balaban J connectivity index is 2.25. The molecule has 4 amide bonds. The molecule has 0 radical (unpaired) electrons. The molecular weight excluding hydrogens is 727 g/mol. The van der Waals surface area contributed by atoms with Crippen molar-refractivity contribution in [3.05, 3.63) is 35.9 Å². The fourth-order valence-electron chi connectivity index (χ4n) is 8.43. The molecule has 1 aliphatic rings. The molecule has 0 spiro atoms. The van der Waals surface area contributed by atoms with Crippen LogP contribution in [0.2, 0.25) is 0 Å². The minimum absolute atomic E-state index is 0.00477. The highest BCUT2D eigenvalue weighted by Gasteiger charge is 2.43. The third-order valence-electron chi connectivity index (χ3n) is 12.2. The summed E-state index contributed by atoms with van der Waals surface area (Å²) in [7, 11) is 6.67. The number of likely N-dealkylation sites (N-methyl/N-ethyl adjacent to an activating group) is 2. The van der Waals surface area contributed by atoms with Crippen LogP contribution in [0.25, 0.3) is 0 Å². The molecule has 0 aliphatic carbocycles. The van der Waals surface area contributed by atoms with Gasteiger partial charge in [0.15, 0.2) is 0 Å². The summed E-state index contributed by atoms with van der Waals surface area (Å²) in [5, 5.41) is 15.3. The van der Waals surface area contributed by atoms with Gasteiger partial charge in [-0.3, -0.25) is 28.9 Å². The number of nitrogens with zero attached hydrogens (tertiary/aromatic N) is 3. The number of ether oxygens (including phenoxy) is 2. The molecule has 10 atom stereocenters. The van der Waals surface area contributed by atoms with E-state index < -0.39 is 42.2 Å². The van der Waals surface area contributed by atoms with E-state index in [1.807, 2.05) is 83.4 Å². The maximum Gasteiger partial charge on any atom is 0.303 e. The van der Waals surface area contributed by atoms with Crippen molar-refractivity contribution in [2.45, 2.75) is 149 Å². The van der Waals surface area contributed by atoms with Crippen LogP contribution >= 0.6 is 0 Å². The Morgan fingerprint density at radius 1 is 0.895 bits per heavy atom. The summed E-state index contributed by atoms with van der Waals surface area (Å²) < 4.78 is 12.0. The molecule has 1 aromatic rings. The molecule has 57 heavy (non-hydrogen) atoms. The first-order chi connectivity index (χ1) is 26.8. The zero-order valence-corrected chi connectivity index (χ0v) is 37.1. The Kier molecular flexibility index (Phi) is 20.7. The molecule has 0 saturated carbocycles. The van der Waals surface area contributed by atoms with Crippen LogP contribution in [0.1, 0.15) is 112 Å². The Bertz CT molecular complexity index is 1430. The topological polar surface area (TPSA) is 158 Å². The lowest BCUT2D eigenvalue weighted by Gasteiger charge is -2.41. The minimum Gasteiger partial charge on any atom is -0.481 e. The summed E-state index contributed by atoms with van der Waals surface area (Å²) in [6.45, 7) is 18.6. The first-order valence-corrected chi connectivity index (χ1v) is 21.0. The molecule has 324 valence electrons. The zero-order valence-electron chi connectivity index (χ0n) is 37.1. The number of aliphatic carboxylic acids is 1. The van der Waals surface area contributed by atoms with Crippen LogP contribution in [0.5, 0.6) is 0 Å². The lowest BCUT2D eigenvalue weighted by molar-refractivity contribution is -0.148. The third kappa shape index (κ3) is 13.8. The number of carbonyl (C=O) groups is 5. The normalized spacial score (nSPS) is 19.3. The summed E-state index contributed by atoms with van der Waals surface area (Å²) in [6.07, 6.45) is 1.46. The van der Waals surface area contributed by atoms with Gasteiger partial charge in [-0.05, 0) is 63.1 Å². The van der Waals surface area contributed by atoms with Gasteiger partial charge in [-0.15, -0.1) is 0 Å². The highest BCUT2D eigenvalue weighted by Crippen LogP contribution is 2.30. The Morgan fingerprint density at radius 3 is 2.05 bits per heavy atom. The molecule has 1 fully saturated rings. The zero-order chi connectivity index (χ0) is 43.1. The molecule has 13 nitrogen and oxygen atoms in total. The third-order valence-corrected chi connectivity index (χ3v) is 12.2. The van der Waals surface area contributed by atoms with Gasteiger partial charge in [0.05, 0.1) is 42.7 Å². The molecule has 1 aromatic carbocycles. The van der Waals surface area contributed by atoms with Crippen LogP contribution in [0, 0.1) is 23.7 Å². The van der Waals surface area contributed by atoms with Gasteiger partial charge in [-0.2, -0.15) is 0 Å². The first kappa shape index (κ1) is 49.6. The highest BCUT2D eigenvalue weighted by atomic mass is 16.5. The van der Waals surface area contributed by atoms with Gasteiger partial charge < -0.3 is 35.0 Å². The quantitative estimate of drug-likeness (QED) is 0.128. The molecular formula is C44H75N5O8. The van der Waals surface area contributed by atoms with Crippen LogP contribution in [-0.2, 0) is 33.4 Å². The number of rotatable bonds is 24. The number of carboxylic acid groups (broad SMARTS) is 1. The SMILES string of the molecule is CC[C@H](C)[C@@H]([C@@H](CC(=O)N1CCC[C@H]1[C@H](OC)[C@@H](C)C(=O)N[C@H](C)[C@@H](C)c1ccccc1)OC)N(C)C(=O)[C@@H](NC(=O)[C@H](C(C)C)N(C)CCCC(=O)O)C(C)C. The number of hydrogen-bond acceptors (Lipinski definition) is 8. The van der Waals surface area contributed by atoms with E-state index in [0.29, 0.717) is 25.9 Å². The van der Waals surface area contributed by atoms with E-state index in [0.717, 1.165) is 18.4 Å². The average Bonchev–Trinajstić information content (AvgIpc) is 3.65. The van der Waals surface area contributed by atoms with Gasteiger partial charge in [-0.25, -0.2) is 0 Å². The van der Waals surface area contributed by atoms with Crippen molar-refractivity contribution in [2.75, 3.05) is 41.4 Å². The van der Waals surface area contributed by atoms with E-state index in [9.17, 15) is 24.0 Å². The van der Waals surface area contributed by atoms with Crippen LogP contribution < -0.4 is 10.6 Å².